The van der Waals surface area contributed by atoms with Crippen LogP contribution in [0.1, 0.15) is 27.6 Å². The summed E-state index contributed by atoms with van der Waals surface area (Å²) in [6.45, 7) is 3.03. The van der Waals surface area contributed by atoms with Gasteiger partial charge in [-0.1, -0.05) is 23.7 Å². The molecule has 0 spiro atoms. The zero-order valence-electron chi connectivity index (χ0n) is 14.5. The van der Waals surface area contributed by atoms with E-state index >= 15 is 0 Å². The molecular formula is C20H20ClNO2S. The third kappa shape index (κ3) is 2.69. The second kappa shape index (κ2) is 6.52. The molecule has 0 saturated heterocycles. The molecule has 5 heteroatoms. The Kier molecular flexibility index (Phi) is 4.36. The van der Waals surface area contributed by atoms with E-state index in [1.165, 1.54) is 31.7 Å². The van der Waals surface area contributed by atoms with Gasteiger partial charge in [-0.25, -0.2) is 0 Å². The van der Waals surface area contributed by atoms with Crippen molar-refractivity contribution in [2.45, 2.75) is 19.4 Å². The number of hydrogen-bond acceptors (Lipinski definition) is 4. The molecule has 1 unspecified atom stereocenters. The fourth-order valence-electron chi connectivity index (χ4n) is 3.60. The highest BCUT2D eigenvalue weighted by atomic mass is 35.5. The smallest absolute Gasteiger partial charge is 0.161 e. The van der Waals surface area contributed by atoms with Crippen molar-refractivity contribution < 1.29 is 9.47 Å². The molecule has 4 rings (SSSR count). The van der Waals surface area contributed by atoms with Crippen molar-refractivity contribution in [3.63, 3.8) is 0 Å². The highest BCUT2D eigenvalue weighted by Gasteiger charge is 2.28. The molecule has 1 aliphatic rings. The first kappa shape index (κ1) is 16.7. The molecule has 0 aliphatic carbocycles. The Morgan fingerprint density at radius 1 is 1.16 bits per heavy atom. The zero-order valence-corrected chi connectivity index (χ0v) is 16.1. The van der Waals surface area contributed by atoms with Gasteiger partial charge in [-0.15, -0.1) is 11.3 Å². The summed E-state index contributed by atoms with van der Waals surface area (Å²) in [6, 6.07) is 10.6. The maximum atomic E-state index is 6.81. The van der Waals surface area contributed by atoms with Crippen LogP contribution >= 0.6 is 22.9 Å². The number of nitrogens with one attached hydrogen (secondary N) is 1. The topological polar surface area (TPSA) is 30.5 Å². The minimum absolute atomic E-state index is 0.0767. The van der Waals surface area contributed by atoms with Gasteiger partial charge in [-0.3, -0.25) is 0 Å². The van der Waals surface area contributed by atoms with Gasteiger partial charge in [0.15, 0.2) is 11.5 Å². The molecule has 0 amide bonds. The molecule has 0 bridgehead atoms. The maximum Gasteiger partial charge on any atom is 0.161 e. The van der Waals surface area contributed by atoms with E-state index in [0.717, 1.165) is 29.5 Å². The number of aryl methyl sites for hydroxylation is 1. The number of ether oxygens (including phenoxy) is 2. The molecule has 3 aromatic rings. The van der Waals surface area contributed by atoms with Gasteiger partial charge in [0.05, 0.1) is 25.3 Å². The Balaban J connectivity index is 1.89. The van der Waals surface area contributed by atoms with Gasteiger partial charge in [0, 0.05) is 21.5 Å². The van der Waals surface area contributed by atoms with Crippen molar-refractivity contribution in [2.75, 3.05) is 20.8 Å². The largest absolute Gasteiger partial charge is 0.493 e. The fraction of sp³-hybridized carbons (Fsp3) is 0.300. The molecule has 1 atom stereocenters. The number of methoxy groups -OCH3 is 2. The molecule has 1 N–H and O–H groups in total. The highest BCUT2D eigenvalue weighted by molar-refractivity contribution is 7.20. The van der Waals surface area contributed by atoms with Crippen LogP contribution in [0.25, 0.3) is 10.1 Å². The quantitative estimate of drug-likeness (QED) is 0.691. The van der Waals surface area contributed by atoms with Crippen LogP contribution in [0.2, 0.25) is 5.02 Å². The van der Waals surface area contributed by atoms with Crippen molar-refractivity contribution >= 4 is 33.0 Å². The molecule has 1 aliphatic heterocycles. The third-order valence-electron chi connectivity index (χ3n) is 4.85. The SMILES string of the molecule is COc1cc2c(cc1OC)C(c1sc3cccc(C)c3c1Cl)NCC2. The molecule has 0 radical (unpaired) electrons. The van der Waals surface area contributed by atoms with Crippen LogP contribution in [-0.4, -0.2) is 20.8 Å². The zero-order chi connectivity index (χ0) is 17.6. The lowest BCUT2D eigenvalue weighted by atomic mass is 9.92. The van der Waals surface area contributed by atoms with E-state index < -0.39 is 0 Å². The number of thiophene rings is 1. The molecule has 3 nitrogen and oxygen atoms in total. The second-order valence-electron chi connectivity index (χ2n) is 6.27. The summed E-state index contributed by atoms with van der Waals surface area (Å²) in [7, 11) is 3.35. The lowest BCUT2D eigenvalue weighted by Crippen LogP contribution is -2.30. The van der Waals surface area contributed by atoms with E-state index in [-0.39, 0.29) is 6.04 Å². The lowest BCUT2D eigenvalue weighted by molar-refractivity contribution is 0.353. The summed E-state index contributed by atoms with van der Waals surface area (Å²) in [6.07, 6.45) is 0.966. The minimum atomic E-state index is 0.0767. The van der Waals surface area contributed by atoms with Crippen LogP contribution in [0.4, 0.5) is 0 Å². The first-order valence-electron chi connectivity index (χ1n) is 8.29. The Bertz CT molecular complexity index is 951. The lowest BCUT2D eigenvalue weighted by Gasteiger charge is -2.27. The van der Waals surface area contributed by atoms with Gasteiger partial charge >= 0.3 is 0 Å². The van der Waals surface area contributed by atoms with Gasteiger partial charge in [0.2, 0.25) is 0 Å². The van der Waals surface area contributed by atoms with E-state index in [9.17, 15) is 0 Å². The average molecular weight is 374 g/mol. The first-order valence-corrected chi connectivity index (χ1v) is 9.49. The molecule has 1 aromatic heterocycles. The summed E-state index contributed by atoms with van der Waals surface area (Å²) >= 11 is 8.57. The molecule has 25 heavy (non-hydrogen) atoms. The highest BCUT2D eigenvalue weighted by Crippen LogP contribution is 2.45. The standard InChI is InChI=1S/C20H20ClNO2S/c1-11-5-4-6-16-17(11)18(21)20(25-16)19-13-10-15(24-3)14(23-2)9-12(13)7-8-22-19/h4-6,9-10,19,22H,7-8H2,1-3H3. The van der Waals surface area contributed by atoms with Crippen molar-refractivity contribution in [1.29, 1.82) is 0 Å². The Labute approximate surface area is 156 Å². The van der Waals surface area contributed by atoms with Crippen LogP contribution < -0.4 is 14.8 Å². The predicted octanol–water partition coefficient (Wildman–Crippen LogP) is 5.12. The van der Waals surface area contributed by atoms with Gasteiger partial charge in [-0.05, 0) is 48.2 Å². The number of fused-ring (bicyclic) bond motifs is 2. The fourth-order valence-corrected chi connectivity index (χ4v) is 5.40. The molecule has 0 saturated carbocycles. The van der Waals surface area contributed by atoms with Gasteiger partial charge in [0.1, 0.15) is 0 Å². The van der Waals surface area contributed by atoms with Gasteiger partial charge in [-0.2, -0.15) is 0 Å². The summed E-state index contributed by atoms with van der Waals surface area (Å²) in [5, 5.41) is 5.66. The molecule has 0 fully saturated rings. The monoisotopic (exact) mass is 373 g/mol. The van der Waals surface area contributed by atoms with Gasteiger partial charge < -0.3 is 14.8 Å². The van der Waals surface area contributed by atoms with Crippen molar-refractivity contribution in [1.82, 2.24) is 5.32 Å². The van der Waals surface area contributed by atoms with Crippen LogP contribution in [0.15, 0.2) is 30.3 Å². The number of halogens is 1. The Morgan fingerprint density at radius 3 is 2.64 bits per heavy atom. The van der Waals surface area contributed by atoms with Crippen molar-refractivity contribution in [2.24, 2.45) is 0 Å². The average Bonchev–Trinajstić information content (AvgIpc) is 2.97. The third-order valence-corrected chi connectivity index (χ3v) is 6.58. The summed E-state index contributed by atoms with van der Waals surface area (Å²) in [5.74, 6) is 1.53. The van der Waals surface area contributed by atoms with E-state index in [0.29, 0.717) is 0 Å². The Morgan fingerprint density at radius 2 is 1.92 bits per heavy atom. The van der Waals surface area contributed by atoms with E-state index in [1.54, 1.807) is 25.6 Å². The Hall–Kier alpha value is -1.75. The molecular weight excluding hydrogens is 354 g/mol. The number of rotatable bonds is 3. The van der Waals surface area contributed by atoms with Crippen molar-refractivity contribution in [3.05, 3.63) is 56.9 Å². The maximum absolute atomic E-state index is 6.81. The second-order valence-corrected chi connectivity index (χ2v) is 7.73. The molecule has 130 valence electrons. The van der Waals surface area contributed by atoms with E-state index in [1.807, 2.05) is 0 Å². The van der Waals surface area contributed by atoms with Crippen molar-refractivity contribution in [3.8, 4) is 11.5 Å². The first-order chi connectivity index (χ1) is 12.1. The van der Waals surface area contributed by atoms with Crippen LogP contribution in [0.5, 0.6) is 11.5 Å². The van der Waals surface area contributed by atoms with Crippen LogP contribution in [0.3, 0.4) is 0 Å². The minimum Gasteiger partial charge on any atom is -0.493 e. The summed E-state index contributed by atoms with van der Waals surface area (Å²) in [4.78, 5) is 1.17. The molecule has 2 heterocycles. The van der Waals surface area contributed by atoms with Crippen LogP contribution in [0, 0.1) is 6.92 Å². The summed E-state index contributed by atoms with van der Waals surface area (Å²) in [5.41, 5.74) is 3.72. The van der Waals surface area contributed by atoms with E-state index in [2.05, 4.69) is 42.6 Å². The van der Waals surface area contributed by atoms with E-state index in [4.69, 9.17) is 21.1 Å². The van der Waals surface area contributed by atoms with Crippen LogP contribution in [-0.2, 0) is 6.42 Å². The van der Waals surface area contributed by atoms with Gasteiger partial charge in [0.25, 0.3) is 0 Å². The predicted molar refractivity (Wildman–Crippen MR) is 105 cm³/mol. The number of benzene rings is 2. The molecule has 2 aromatic carbocycles. The number of hydrogen-bond donors (Lipinski definition) is 1. The normalized spacial score (nSPS) is 16.7. The summed E-state index contributed by atoms with van der Waals surface area (Å²) < 4.78 is 12.2.